The Labute approximate surface area is 105 Å². The van der Waals surface area contributed by atoms with Gasteiger partial charge >= 0.3 is 0 Å². The highest BCUT2D eigenvalue weighted by molar-refractivity contribution is 7.88. The number of likely N-dealkylation sites (tertiary alicyclic amines) is 1. The molecule has 0 atom stereocenters. The van der Waals surface area contributed by atoms with Gasteiger partial charge in [0.2, 0.25) is 10.0 Å². The smallest absolute Gasteiger partial charge is 0.208 e. The summed E-state index contributed by atoms with van der Waals surface area (Å²) in [5, 5.41) is 0. The second-order valence-corrected chi connectivity index (χ2v) is 6.70. The molecule has 0 spiro atoms. The van der Waals surface area contributed by atoms with Gasteiger partial charge in [-0.15, -0.1) is 0 Å². The molecule has 0 aromatic rings. The standard InChI is InChI=1S/C11H24N2O3S/c1-10(2)13-7-4-11(5-8-13)16-9-6-12-17(3,14)15/h10-12H,4-9H2,1-3H3. The lowest BCUT2D eigenvalue weighted by molar-refractivity contribution is 0.00418. The van der Waals surface area contributed by atoms with Gasteiger partial charge in [0.1, 0.15) is 0 Å². The van der Waals surface area contributed by atoms with Crippen molar-refractivity contribution >= 4 is 10.0 Å². The van der Waals surface area contributed by atoms with E-state index in [1.165, 1.54) is 0 Å². The minimum atomic E-state index is -3.09. The lowest BCUT2D eigenvalue weighted by Crippen LogP contribution is -2.41. The van der Waals surface area contributed by atoms with Gasteiger partial charge < -0.3 is 9.64 Å². The van der Waals surface area contributed by atoms with E-state index in [-0.39, 0.29) is 6.10 Å². The van der Waals surface area contributed by atoms with E-state index in [2.05, 4.69) is 23.5 Å². The van der Waals surface area contributed by atoms with Crippen LogP contribution >= 0.6 is 0 Å². The second kappa shape index (κ2) is 6.68. The van der Waals surface area contributed by atoms with Gasteiger partial charge in [-0.3, -0.25) is 0 Å². The fraction of sp³-hybridized carbons (Fsp3) is 1.00. The summed E-state index contributed by atoms with van der Waals surface area (Å²) in [4.78, 5) is 2.44. The average molecular weight is 264 g/mol. The Hall–Kier alpha value is -0.170. The third-order valence-electron chi connectivity index (χ3n) is 3.03. The molecule has 0 saturated carbocycles. The van der Waals surface area contributed by atoms with Crippen molar-refractivity contribution in [3.8, 4) is 0 Å². The monoisotopic (exact) mass is 264 g/mol. The number of sulfonamides is 1. The van der Waals surface area contributed by atoms with Crippen LogP contribution < -0.4 is 4.72 Å². The number of rotatable bonds is 6. The molecule has 6 heteroatoms. The molecule has 0 unspecified atom stereocenters. The van der Waals surface area contributed by atoms with Crippen molar-refractivity contribution in [1.82, 2.24) is 9.62 Å². The van der Waals surface area contributed by atoms with Gasteiger partial charge in [-0.25, -0.2) is 13.1 Å². The van der Waals surface area contributed by atoms with E-state index < -0.39 is 10.0 Å². The fourth-order valence-electron chi connectivity index (χ4n) is 2.01. The van der Waals surface area contributed by atoms with Crippen molar-refractivity contribution in [2.75, 3.05) is 32.5 Å². The van der Waals surface area contributed by atoms with Crippen LogP contribution in [-0.4, -0.2) is 58.0 Å². The quantitative estimate of drug-likeness (QED) is 0.707. The first-order valence-electron chi connectivity index (χ1n) is 6.19. The van der Waals surface area contributed by atoms with E-state index in [4.69, 9.17) is 4.74 Å². The molecule has 1 saturated heterocycles. The molecule has 1 N–H and O–H groups in total. The molecule has 1 fully saturated rings. The van der Waals surface area contributed by atoms with E-state index in [1.54, 1.807) is 0 Å². The zero-order valence-electron chi connectivity index (χ0n) is 11.0. The maximum Gasteiger partial charge on any atom is 0.208 e. The number of piperidine rings is 1. The number of hydrogen-bond donors (Lipinski definition) is 1. The Morgan fingerprint density at radius 1 is 1.35 bits per heavy atom. The maximum absolute atomic E-state index is 10.8. The first-order chi connectivity index (χ1) is 7.88. The van der Waals surface area contributed by atoms with Crippen LogP contribution in [0.3, 0.4) is 0 Å². The first-order valence-corrected chi connectivity index (χ1v) is 8.08. The van der Waals surface area contributed by atoms with Crippen LogP contribution in [0, 0.1) is 0 Å². The van der Waals surface area contributed by atoms with E-state index >= 15 is 0 Å². The number of nitrogens with zero attached hydrogens (tertiary/aromatic N) is 1. The van der Waals surface area contributed by atoms with Crippen LogP contribution in [0.4, 0.5) is 0 Å². The molecule has 0 amide bonds. The third kappa shape index (κ3) is 6.35. The molecule has 1 aliphatic rings. The van der Waals surface area contributed by atoms with E-state index in [1.807, 2.05) is 0 Å². The normalized spacial score (nSPS) is 20.0. The predicted octanol–water partition coefficient (Wildman–Crippen LogP) is 0.425. The largest absolute Gasteiger partial charge is 0.377 e. The van der Waals surface area contributed by atoms with Crippen LogP contribution in [0.25, 0.3) is 0 Å². The van der Waals surface area contributed by atoms with Crippen molar-refractivity contribution in [3.63, 3.8) is 0 Å². The van der Waals surface area contributed by atoms with Crippen molar-refractivity contribution < 1.29 is 13.2 Å². The zero-order chi connectivity index (χ0) is 12.9. The molecule has 0 radical (unpaired) electrons. The summed E-state index contributed by atoms with van der Waals surface area (Å²) in [6, 6.07) is 0.600. The summed E-state index contributed by atoms with van der Waals surface area (Å²) in [6.45, 7) is 7.38. The maximum atomic E-state index is 10.8. The molecule has 5 nitrogen and oxygen atoms in total. The highest BCUT2D eigenvalue weighted by Gasteiger charge is 2.20. The summed E-state index contributed by atoms with van der Waals surface area (Å²) < 4.78 is 29.7. The summed E-state index contributed by atoms with van der Waals surface area (Å²) in [5.74, 6) is 0. The van der Waals surface area contributed by atoms with Crippen LogP contribution in [-0.2, 0) is 14.8 Å². The summed E-state index contributed by atoms with van der Waals surface area (Å²) >= 11 is 0. The fourth-order valence-corrected chi connectivity index (χ4v) is 2.47. The minimum Gasteiger partial charge on any atom is -0.377 e. The lowest BCUT2D eigenvalue weighted by atomic mass is 10.1. The first kappa shape index (κ1) is 14.9. The van der Waals surface area contributed by atoms with Gasteiger partial charge in [0, 0.05) is 25.7 Å². The molecule has 0 aromatic heterocycles. The highest BCUT2D eigenvalue weighted by atomic mass is 32.2. The van der Waals surface area contributed by atoms with Crippen LogP contribution in [0.2, 0.25) is 0 Å². The Bertz CT molecular complexity index is 309. The Morgan fingerprint density at radius 2 is 1.94 bits per heavy atom. The minimum absolute atomic E-state index is 0.284. The van der Waals surface area contributed by atoms with Gasteiger partial charge in [0.25, 0.3) is 0 Å². The van der Waals surface area contributed by atoms with Gasteiger partial charge in [-0.2, -0.15) is 0 Å². The zero-order valence-corrected chi connectivity index (χ0v) is 11.8. The Balaban J connectivity index is 2.10. The topological polar surface area (TPSA) is 58.6 Å². The molecule has 0 aromatic carbocycles. The molecule has 1 aliphatic heterocycles. The van der Waals surface area contributed by atoms with Crippen molar-refractivity contribution in [2.24, 2.45) is 0 Å². The summed E-state index contributed by atoms with van der Waals surface area (Å²) in [6.07, 6.45) is 3.52. The Morgan fingerprint density at radius 3 is 2.41 bits per heavy atom. The van der Waals surface area contributed by atoms with Crippen LogP contribution in [0.1, 0.15) is 26.7 Å². The van der Waals surface area contributed by atoms with E-state index in [0.29, 0.717) is 19.2 Å². The van der Waals surface area contributed by atoms with Crippen LogP contribution in [0.15, 0.2) is 0 Å². The molecule has 0 aliphatic carbocycles. The molecular formula is C11H24N2O3S. The number of nitrogens with one attached hydrogen (secondary N) is 1. The highest BCUT2D eigenvalue weighted by Crippen LogP contribution is 2.15. The summed E-state index contributed by atoms with van der Waals surface area (Å²) in [7, 11) is -3.09. The van der Waals surface area contributed by atoms with Gasteiger partial charge in [0.15, 0.2) is 0 Å². The number of ether oxygens (including phenoxy) is 1. The molecule has 1 rings (SSSR count). The van der Waals surface area contributed by atoms with Crippen LogP contribution in [0.5, 0.6) is 0 Å². The predicted molar refractivity (Wildman–Crippen MR) is 68.5 cm³/mol. The van der Waals surface area contributed by atoms with E-state index in [0.717, 1.165) is 32.2 Å². The molecule has 1 heterocycles. The lowest BCUT2D eigenvalue weighted by Gasteiger charge is -2.34. The average Bonchev–Trinajstić information content (AvgIpc) is 2.24. The van der Waals surface area contributed by atoms with E-state index in [9.17, 15) is 8.42 Å². The third-order valence-corrected chi connectivity index (χ3v) is 3.76. The Kier molecular flexibility index (Phi) is 5.85. The van der Waals surface area contributed by atoms with Gasteiger partial charge in [0.05, 0.1) is 19.0 Å². The van der Waals surface area contributed by atoms with Gasteiger partial charge in [-0.05, 0) is 26.7 Å². The SMILES string of the molecule is CC(C)N1CCC(OCCNS(C)(=O)=O)CC1. The second-order valence-electron chi connectivity index (χ2n) is 4.87. The molecular weight excluding hydrogens is 240 g/mol. The van der Waals surface area contributed by atoms with Crippen molar-refractivity contribution in [1.29, 1.82) is 0 Å². The molecule has 0 bridgehead atoms. The van der Waals surface area contributed by atoms with Gasteiger partial charge in [-0.1, -0.05) is 0 Å². The van der Waals surface area contributed by atoms with Crippen molar-refractivity contribution in [2.45, 2.75) is 38.8 Å². The summed E-state index contributed by atoms with van der Waals surface area (Å²) in [5.41, 5.74) is 0. The molecule has 102 valence electrons. The molecule has 17 heavy (non-hydrogen) atoms. The van der Waals surface area contributed by atoms with Crippen molar-refractivity contribution in [3.05, 3.63) is 0 Å². The number of hydrogen-bond acceptors (Lipinski definition) is 4.